The summed E-state index contributed by atoms with van der Waals surface area (Å²) in [4.78, 5) is 0. The lowest BCUT2D eigenvalue weighted by Gasteiger charge is -2.24. The van der Waals surface area contributed by atoms with Crippen LogP contribution in [0.4, 0.5) is 4.39 Å². The molecule has 0 amide bonds. The van der Waals surface area contributed by atoms with E-state index >= 15 is 0 Å². The fourth-order valence-electron chi connectivity index (χ4n) is 1.08. The Morgan fingerprint density at radius 1 is 1.82 bits per heavy atom. The Bertz CT molecular complexity index is 158. The van der Waals surface area contributed by atoms with E-state index in [-0.39, 0.29) is 6.10 Å². The number of hydrogen-bond acceptors (Lipinski definition) is 2. The van der Waals surface area contributed by atoms with Crippen molar-refractivity contribution in [1.29, 1.82) is 0 Å². The van der Waals surface area contributed by atoms with Gasteiger partial charge in [0.05, 0.1) is 6.54 Å². The third-order valence-corrected chi connectivity index (χ3v) is 1.77. The van der Waals surface area contributed by atoms with Gasteiger partial charge in [0, 0.05) is 6.42 Å². The smallest absolute Gasteiger partial charge is 0.140 e. The van der Waals surface area contributed by atoms with E-state index in [1.807, 2.05) is 7.05 Å². The monoisotopic (exact) mass is 159 g/mol. The molecular weight excluding hydrogens is 145 g/mol. The second-order valence-electron chi connectivity index (χ2n) is 2.78. The number of halogens is 1. The van der Waals surface area contributed by atoms with E-state index in [0.29, 0.717) is 13.0 Å². The lowest BCUT2D eigenvalue weighted by atomic mass is 10.1. The van der Waals surface area contributed by atoms with Gasteiger partial charge in [-0.15, -0.1) is 0 Å². The molecule has 0 radical (unpaired) electrons. The zero-order valence-corrected chi connectivity index (χ0v) is 6.93. The minimum atomic E-state index is -0.837. The molecule has 0 unspecified atom stereocenters. The minimum Gasteiger partial charge on any atom is -0.491 e. The number of rotatable bonds is 2. The predicted molar refractivity (Wildman–Crippen MR) is 42.1 cm³/mol. The molecule has 1 aliphatic rings. The van der Waals surface area contributed by atoms with Gasteiger partial charge in [-0.1, -0.05) is 0 Å². The van der Waals surface area contributed by atoms with E-state index in [4.69, 9.17) is 4.74 Å². The molecule has 11 heavy (non-hydrogen) atoms. The molecule has 1 heterocycles. The maximum Gasteiger partial charge on any atom is 0.140 e. The summed E-state index contributed by atoms with van der Waals surface area (Å²) in [5, 5.41) is 2.96. The van der Waals surface area contributed by atoms with Crippen LogP contribution in [0, 0.1) is 0 Å². The Hall–Kier alpha value is -0.570. The molecule has 0 bridgehead atoms. The first-order valence-corrected chi connectivity index (χ1v) is 3.88. The van der Waals surface area contributed by atoms with Gasteiger partial charge in [-0.25, -0.2) is 4.39 Å². The third kappa shape index (κ3) is 2.19. The zero-order valence-electron chi connectivity index (χ0n) is 6.93. The Balaban J connectivity index is 2.45. The second-order valence-corrected chi connectivity index (χ2v) is 2.78. The van der Waals surface area contributed by atoms with E-state index in [2.05, 4.69) is 5.32 Å². The van der Waals surface area contributed by atoms with Gasteiger partial charge >= 0.3 is 0 Å². The average Bonchev–Trinajstić information content (AvgIpc) is 1.98. The van der Waals surface area contributed by atoms with Gasteiger partial charge < -0.3 is 10.1 Å². The van der Waals surface area contributed by atoms with Crippen LogP contribution < -0.4 is 5.32 Å². The quantitative estimate of drug-likeness (QED) is 0.654. The molecule has 64 valence electrons. The minimum absolute atomic E-state index is 0.289. The predicted octanol–water partition coefficient (Wildman–Crippen LogP) is 1.24. The number of alkyl halides is 1. The number of nitrogens with one attached hydrogen (secondary N) is 1. The van der Waals surface area contributed by atoms with Crippen molar-refractivity contribution in [3.63, 3.8) is 0 Å². The molecule has 2 nitrogen and oxygen atoms in total. The third-order valence-electron chi connectivity index (χ3n) is 1.77. The number of ether oxygens (including phenoxy) is 1. The highest BCUT2D eigenvalue weighted by molar-refractivity contribution is 5.01. The van der Waals surface area contributed by atoms with Crippen LogP contribution in [-0.4, -0.2) is 25.9 Å². The fraction of sp³-hybridized carbons (Fsp3) is 0.750. The van der Waals surface area contributed by atoms with E-state index in [1.54, 1.807) is 13.0 Å². The van der Waals surface area contributed by atoms with Crippen molar-refractivity contribution >= 4 is 0 Å². The molecule has 0 aromatic heterocycles. The zero-order chi connectivity index (χ0) is 8.27. The normalized spacial score (nSPS) is 31.0. The maximum absolute atomic E-state index is 12.8. The van der Waals surface area contributed by atoms with Crippen LogP contribution in [-0.2, 0) is 4.74 Å². The number of likely N-dealkylation sites (N-methyl/N-ethyl adjacent to an activating group) is 1. The highest BCUT2D eigenvalue weighted by atomic mass is 19.1. The molecule has 0 fully saturated rings. The lowest BCUT2D eigenvalue weighted by Crippen LogP contribution is -2.28. The molecule has 0 aromatic carbocycles. The molecule has 0 spiro atoms. The molecule has 0 aromatic rings. The van der Waals surface area contributed by atoms with E-state index in [0.717, 1.165) is 5.76 Å². The molecule has 0 aliphatic carbocycles. The highest BCUT2D eigenvalue weighted by Gasteiger charge is 2.21. The van der Waals surface area contributed by atoms with Crippen molar-refractivity contribution in [3.05, 3.63) is 11.8 Å². The SMILES string of the molecule is CNCC1=CC[C@@H](F)[C@@H](C)O1. The van der Waals surface area contributed by atoms with Crippen LogP contribution in [0.15, 0.2) is 11.8 Å². The molecule has 0 saturated carbocycles. The van der Waals surface area contributed by atoms with Gasteiger partial charge in [-0.3, -0.25) is 0 Å². The summed E-state index contributed by atoms with van der Waals surface area (Å²) in [6.45, 7) is 2.45. The summed E-state index contributed by atoms with van der Waals surface area (Å²) in [5.74, 6) is 0.855. The Kier molecular flexibility index (Phi) is 2.88. The molecule has 1 aliphatic heterocycles. The van der Waals surface area contributed by atoms with Gasteiger partial charge in [0.15, 0.2) is 0 Å². The summed E-state index contributed by atoms with van der Waals surface area (Å²) in [5.41, 5.74) is 0. The van der Waals surface area contributed by atoms with Crippen LogP contribution in [0.3, 0.4) is 0 Å². The van der Waals surface area contributed by atoms with Crippen molar-refractivity contribution in [2.45, 2.75) is 25.6 Å². The van der Waals surface area contributed by atoms with Crippen LogP contribution >= 0.6 is 0 Å². The van der Waals surface area contributed by atoms with E-state index < -0.39 is 6.17 Å². The maximum atomic E-state index is 12.8. The Morgan fingerprint density at radius 3 is 3.09 bits per heavy atom. The molecular formula is C8H14FNO. The van der Waals surface area contributed by atoms with Crippen molar-refractivity contribution in [2.24, 2.45) is 0 Å². The summed E-state index contributed by atoms with van der Waals surface area (Å²) in [6, 6.07) is 0. The number of allylic oxidation sites excluding steroid dienone is 1. The van der Waals surface area contributed by atoms with Gasteiger partial charge in [-0.2, -0.15) is 0 Å². The molecule has 1 rings (SSSR count). The van der Waals surface area contributed by atoms with Crippen LogP contribution in [0.1, 0.15) is 13.3 Å². The van der Waals surface area contributed by atoms with Crippen LogP contribution in [0.5, 0.6) is 0 Å². The topological polar surface area (TPSA) is 21.3 Å². The standard InChI is InChI=1S/C8H14FNO/c1-6-8(9)4-3-7(11-6)5-10-2/h3,6,8,10H,4-5H2,1-2H3/t6-,8-/m1/s1. The summed E-state index contributed by atoms with van der Waals surface area (Å²) in [7, 11) is 1.84. The first kappa shape index (κ1) is 8.53. The largest absolute Gasteiger partial charge is 0.491 e. The van der Waals surface area contributed by atoms with Gasteiger partial charge in [0.1, 0.15) is 18.0 Å². The van der Waals surface area contributed by atoms with E-state index in [1.165, 1.54) is 0 Å². The van der Waals surface area contributed by atoms with Gasteiger partial charge in [0.25, 0.3) is 0 Å². The fourth-order valence-corrected chi connectivity index (χ4v) is 1.08. The highest BCUT2D eigenvalue weighted by Crippen LogP contribution is 2.18. The first-order valence-electron chi connectivity index (χ1n) is 3.88. The number of hydrogen-bond donors (Lipinski definition) is 1. The average molecular weight is 159 g/mol. The Labute approximate surface area is 66.4 Å². The lowest BCUT2D eigenvalue weighted by molar-refractivity contribution is 0.0394. The van der Waals surface area contributed by atoms with E-state index in [9.17, 15) is 4.39 Å². The van der Waals surface area contributed by atoms with Crippen molar-refractivity contribution in [2.75, 3.05) is 13.6 Å². The summed E-state index contributed by atoms with van der Waals surface area (Å²) >= 11 is 0. The molecule has 2 atom stereocenters. The first-order chi connectivity index (χ1) is 5.24. The van der Waals surface area contributed by atoms with Crippen molar-refractivity contribution < 1.29 is 9.13 Å². The summed E-state index contributed by atoms with van der Waals surface area (Å²) < 4.78 is 18.1. The van der Waals surface area contributed by atoms with Crippen molar-refractivity contribution in [1.82, 2.24) is 5.32 Å². The molecule has 0 saturated heterocycles. The summed E-state index contributed by atoms with van der Waals surface area (Å²) in [6.07, 6.45) is 1.17. The molecule has 3 heteroatoms. The second kappa shape index (κ2) is 3.72. The Morgan fingerprint density at radius 2 is 2.55 bits per heavy atom. The molecule has 1 N–H and O–H groups in total. The van der Waals surface area contributed by atoms with Gasteiger partial charge in [0.2, 0.25) is 0 Å². The van der Waals surface area contributed by atoms with Gasteiger partial charge in [-0.05, 0) is 20.0 Å². The van der Waals surface area contributed by atoms with Crippen LogP contribution in [0.2, 0.25) is 0 Å². The van der Waals surface area contributed by atoms with Crippen molar-refractivity contribution in [3.8, 4) is 0 Å². The van der Waals surface area contributed by atoms with Crippen LogP contribution in [0.25, 0.3) is 0 Å².